The number of unbranched alkanes of at least 4 members (excludes halogenated alkanes) is 1. The van der Waals surface area contributed by atoms with Crippen molar-refractivity contribution in [1.29, 1.82) is 0 Å². The van der Waals surface area contributed by atoms with Crippen LogP contribution < -0.4 is 10.1 Å². The average molecular weight is 275 g/mol. The minimum Gasteiger partial charge on any atom is -0.494 e. The number of ether oxygens (including phenoxy) is 1. The van der Waals surface area contributed by atoms with Crippen LogP contribution in [0, 0.1) is 5.92 Å². The van der Waals surface area contributed by atoms with E-state index in [2.05, 4.69) is 43.6 Å². The van der Waals surface area contributed by atoms with Gasteiger partial charge >= 0.3 is 0 Å². The summed E-state index contributed by atoms with van der Waals surface area (Å²) in [5.41, 5.74) is 1.39. The zero-order valence-electron chi connectivity index (χ0n) is 13.0. The second-order valence-electron chi connectivity index (χ2n) is 6.00. The summed E-state index contributed by atoms with van der Waals surface area (Å²) in [7, 11) is 2.07. The van der Waals surface area contributed by atoms with Crippen LogP contribution >= 0.6 is 0 Å². The quantitative estimate of drug-likeness (QED) is 0.694. The Hall–Kier alpha value is -1.02. The molecule has 1 fully saturated rings. The first-order chi connectivity index (χ1) is 9.83. The predicted octanol–water partition coefficient (Wildman–Crippen LogP) is 4.71. The minimum absolute atomic E-state index is 0.489. The first-order valence-electron chi connectivity index (χ1n) is 8.23. The van der Waals surface area contributed by atoms with Gasteiger partial charge in [0.2, 0.25) is 0 Å². The maximum atomic E-state index is 5.73. The molecule has 2 rings (SSSR count). The molecule has 2 nitrogen and oxygen atoms in total. The zero-order chi connectivity index (χ0) is 14.2. The highest BCUT2D eigenvalue weighted by Crippen LogP contribution is 2.33. The van der Waals surface area contributed by atoms with Crippen molar-refractivity contribution in [1.82, 2.24) is 5.32 Å². The van der Waals surface area contributed by atoms with Crippen molar-refractivity contribution in [2.75, 3.05) is 13.7 Å². The van der Waals surface area contributed by atoms with E-state index in [0.717, 1.165) is 24.7 Å². The smallest absolute Gasteiger partial charge is 0.119 e. The largest absolute Gasteiger partial charge is 0.494 e. The summed E-state index contributed by atoms with van der Waals surface area (Å²) in [5.74, 6) is 1.91. The van der Waals surface area contributed by atoms with Crippen LogP contribution in [0.5, 0.6) is 5.75 Å². The van der Waals surface area contributed by atoms with E-state index in [1.165, 1.54) is 44.1 Å². The minimum atomic E-state index is 0.489. The average Bonchev–Trinajstić information content (AvgIpc) is 2.99. The summed E-state index contributed by atoms with van der Waals surface area (Å²) < 4.78 is 5.73. The van der Waals surface area contributed by atoms with E-state index in [4.69, 9.17) is 4.74 Å². The maximum Gasteiger partial charge on any atom is 0.119 e. The van der Waals surface area contributed by atoms with E-state index in [0.29, 0.717) is 6.04 Å². The third-order valence-electron chi connectivity index (χ3n) is 4.44. The van der Waals surface area contributed by atoms with Gasteiger partial charge in [0.15, 0.2) is 0 Å². The lowest BCUT2D eigenvalue weighted by molar-refractivity contribution is 0.309. The van der Waals surface area contributed by atoms with Crippen LogP contribution in [0.3, 0.4) is 0 Å². The van der Waals surface area contributed by atoms with E-state index in [9.17, 15) is 0 Å². The fourth-order valence-electron chi connectivity index (χ4n) is 3.13. The van der Waals surface area contributed by atoms with Crippen molar-refractivity contribution >= 4 is 0 Å². The second kappa shape index (κ2) is 8.31. The summed E-state index contributed by atoms with van der Waals surface area (Å²) in [6.45, 7) is 3.01. The van der Waals surface area contributed by atoms with Gasteiger partial charge in [-0.25, -0.2) is 0 Å². The molecule has 112 valence electrons. The van der Waals surface area contributed by atoms with Crippen molar-refractivity contribution in [3.8, 4) is 5.75 Å². The van der Waals surface area contributed by atoms with Gasteiger partial charge in [0.05, 0.1) is 6.61 Å². The summed E-state index contributed by atoms with van der Waals surface area (Å²) in [6, 6.07) is 9.16. The highest BCUT2D eigenvalue weighted by molar-refractivity contribution is 5.29. The summed E-state index contributed by atoms with van der Waals surface area (Å²) >= 11 is 0. The van der Waals surface area contributed by atoms with Crippen LogP contribution in [-0.4, -0.2) is 13.7 Å². The molecule has 1 aliphatic carbocycles. The van der Waals surface area contributed by atoms with Gasteiger partial charge < -0.3 is 10.1 Å². The molecule has 2 heteroatoms. The molecule has 0 bridgehead atoms. The first-order valence-corrected chi connectivity index (χ1v) is 8.23. The molecule has 1 aromatic rings. The molecule has 20 heavy (non-hydrogen) atoms. The number of nitrogens with one attached hydrogen (secondary N) is 1. The number of rotatable bonds is 8. The van der Waals surface area contributed by atoms with Gasteiger partial charge in [-0.15, -0.1) is 0 Å². The molecule has 1 aliphatic rings. The second-order valence-corrected chi connectivity index (χ2v) is 6.00. The first kappa shape index (κ1) is 15.4. The van der Waals surface area contributed by atoms with E-state index in [1.807, 2.05) is 0 Å². The van der Waals surface area contributed by atoms with Gasteiger partial charge in [0.1, 0.15) is 5.75 Å². The maximum absolute atomic E-state index is 5.73. The van der Waals surface area contributed by atoms with Crippen LogP contribution in [0.15, 0.2) is 24.3 Å². The Morgan fingerprint density at radius 3 is 2.50 bits per heavy atom. The van der Waals surface area contributed by atoms with Gasteiger partial charge in [0, 0.05) is 6.04 Å². The van der Waals surface area contributed by atoms with E-state index >= 15 is 0 Å². The molecule has 1 atom stereocenters. The van der Waals surface area contributed by atoms with Crippen molar-refractivity contribution in [2.45, 2.75) is 57.9 Å². The Balaban J connectivity index is 1.88. The van der Waals surface area contributed by atoms with Crippen LogP contribution in [0.4, 0.5) is 0 Å². The van der Waals surface area contributed by atoms with Gasteiger partial charge in [-0.05, 0) is 43.5 Å². The normalized spacial score (nSPS) is 17.3. The molecule has 1 unspecified atom stereocenters. The molecule has 1 N–H and O–H groups in total. The summed E-state index contributed by atoms with van der Waals surface area (Å²) in [6.07, 6.45) is 9.25. The monoisotopic (exact) mass is 275 g/mol. The fourth-order valence-corrected chi connectivity index (χ4v) is 3.13. The molecule has 1 saturated carbocycles. The molecule has 1 aromatic carbocycles. The Kier molecular flexibility index (Phi) is 6.38. The third kappa shape index (κ3) is 4.52. The lowest BCUT2D eigenvalue weighted by Gasteiger charge is -2.20. The van der Waals surface area contributed by atoms with Gasteiger partial charge in [-0.1, -0.05) is 51.2 Å². The Morgan fingerprint density at radius 1 is 1.20 bits per heavy atom. The zero-order valence-corrected chi connectivity index (χ0v) is 13.0. The van der Waals surface area contributed by atoms with Gasteiger partial charge in [-0.3, -0.25) is 0 Å². The standard InChI is InChI=1S/C18H29NO/c1-3-4-13-20-17-11-9-16(10-12-17)18(19-2)14-15-7-5-6-8-15/h9-12,15,18-19H,3-8,13-14H2,1-2H3. The number of hydrogen-bond acceptors (Lipinski definition) is 2. The molecule has 0 heterocycles. The van der Waals surface area contributed by atoms with Crippen molar-refractivity contribution < 1.29 is 4.74 Å². The highest BCUT2D eigenvalue weighted by atomic mass is 16.5. The molecule has 0 aliphatic heterocycles. The lowest BCUT2D eigenvalue weighted by atomic mass is 9.94. The Morgan fingerprint density at radius 2 is 1.90 bits per heavy atom. The number of benzene rings is 1. The summed E-state index contributed by atoms with van der Waals surface area (Å²) in [4.78, 5) is 0. The topological polar surface area (TPSA) is 21.3 Å². The number of hydrogen-bond donors (Lipinski definition) is 1. The molecular weight excluding hydrogens is 246 g/mol. The van der Waals surface area contributed by atoms with Crippen LogP contribution in [0.1, 0.15) is 63.5 Å². The Bertz CT molecular complexity index is 368. The highest BCUT2D eigenvalue weighted by Gasteiger charge is 2.20. The van der Waals surface area contributed by atoms with E-state index < -0.39 is 0 Å². The molecule has 0 radical (unpaired) electrons. The molecule has 0 spiro atoms. The predicted molar refractivity (Wildman–Crippen MR) is 85.2 cm³/mol. The summed E-state index contributed by atoms with van der Waals surface area (Å²) in [5, 5.41) is 3.48. The van der Waals surface area contributed by atoms with Crippen LogP contribution in [0.25, 0.3) is 0 Å². The van der Waals surface area contributed by atoms with Crippen molar-refractivity contribution in [3.63, 3.8) is 0 Å². The van der Waals surface area contributed by atoms with E-state index in [-0.39, 0.29) is 0 Å². The SMILES string of the molecule is CCCCOc1ccc(C(CC2CCCC2)NC)cc1. The van der Waals surface area contributed by atoms with Crippen molar-refractivity contribution in [2.24, 2.45) is 5.92 Å². The Labute approximate surface area is 123 Å². The van der Waals surface area contributed by atoms with Gasteiger partial charge in [-0.2, -0.15) is 0 Å². The van der Waals surface area contributed by atoms with Crippen LogP contribution in [-0.2, 0) is 0 Å². The fraction of sp³-hybridized carbons (Fsp3) is 0.667. The van der Waals surface area contributed by atoms with Gasteiger partial charge in [0.25, 0.3) is 0 Å². The molecular formula is C18H29NO. The van der Waals surface area contributed by atoms with E-state index in [1.54, 1.807) is 0 Å². The molecule has 0 aromatic heterocycles. The third-order valence-corrected chi connectivity index (χ3v) is 4.44. The molecule has 0 amide bonds. The van der Waals surface area contributed by atoms with Crippen molar-refractivity contribution in [3.05, 3.63) is 29.8 Å². The lowest BCUT2D eigenvalue weighted by Crippen LogP contribution is -2.19. The van der Waals surface area contributed by atoms with Crippen LogP contribution in [0.2, 0.25) is 0 Å². The molecule has 0 saturated heterocycles.